The third-order valence-corrected chi connectivity index (χ3v) is 3.69. The van der Waals surface area contributed by atoms with Gasteiger partial charge in [-0.15, -0.1) is 0 Å². The molecule has 0 radical (unpaired) electrons. The number of nitrogens with zero attached hydrogens (tertiary/aromatic N) is 1. The summed E-state index contributed by atoms with van der Waals surface area (Å²) in [7, 11) is 2.00. The third-order valence-electron chi connectivity index (χ3n) is 3.45. The zero-order chi connectivity index (χ0) is 13.3. The monoisotopic (exact) mass is 264 g/mol. The molecule has 0 bridgehead atoms. The summed E-state index contributed by atoms with van der Waals surface area (Å²) in [5.74, 6) is 0. The molecule has 1 atom stereocenters. The first-order chi connectivity index (χ1) is 8.52. The van der Waals surface area contributed by atoms with Gasteiger partial charge in [-0.05, 0) is 58.0 Å². The molecule has 0 spiro atoms. The molecule has 0 aliphatic heterocycles. The third kappa shape index (κ3) is 2.55. The van der Waals surface area contributed by atoms with Crippen LogP contribution in [-0.2, 0) is 6.42 Å². The second-order valence-electron chi connectivity index (χ2n) is 5.21. The number of halogens is 1. The van der Waals surface area contributed by atoms with E-state index in [1.165, 1.54) is 16.5 Å². The molecular weight excluding hydrogens is 244 g/mol. The van der Waals surface area contributed by atoms with E-state index in [0.29, 0.717) is 12.1 Å². The number of benzene rings is 1. The van der Waals surface area contributed by atoms with Gasteiger partial charge in [-0.1, -0.05) is 11.6 Å². The first kappa shape index (κ1) is 13.4. The highest BCUT2D eigenvalue weighted by Gasteiger charge is 2.12. The lowest BCUT2D eigenvalue weighted by Crippen LogP contribution is -2.23. The number of rotatable bonds is 4. The molecule has 2 nitrogen and oxygen atoms in total. The van der Waals surface area contributed by atoms with Gasteiger partial charge < -0.3 is 9.88 Å². The van der Waals surface area contributed by atoms with E-state index in [4.69, 9.17) is 11.6 Å². The van der Waals surface area contributed by atoms with Gasteiger partial charge >= 0.3 is 0 Å². The predicted molar refractivity (Wildman–Crippen MR) is 79.6 cm³/mol. The van der Waals surface area contributed by atoms with Crippen molar-refractivity contribution >= 4 is 22.5 Å². The average molecular weight is 265 g/mol. The van der Waals surface area contributed by atoms with Crippen molar-refractivity contribution in [1.29, 1.82) is 0 Å². The highest BCUT2D eigenvalue weighted by Crippen LogP contribution is 2.28. The molecule has 1 unspecified atom stereocenters. The van der Waals surface area contributed by atoms with Crippen LogP contribution in [0.15, 0.2) is 24.4 Å². The van der Waals surface area contributed by atoms with E-state index in [-0.39, 0.29) is 0 Å². The number of nitrogens with one attached hydrogen (secondary N) is 1. The zero-order valence-electron chi connectivity index (χ0n) is 11.5. The van der Waals surface area contributed by atoms with Crippen LogP contribution in [0.1, 0.15) is 32.4 Å². The van der Waals surface area contributed by atoms with Crippen LogP contribution in [0.2, 0.25) is 5.02 Å². The summed E-state index contributed by atoms with van der Waals surface area (Å²) in [5.41, 5.74) is 2.63. The summed E-state index contributed by atoms with van der Waals surface area (Å²) in [6.07, 6.45) is 3.28. The van der Waals surface area contributed by atoms with E-state index in [1.54, 1.807) is 0 Å². The number of hydrogen-bond acceptors (Lipinski definition) is 1. The van der Waals surface area contributed by atoms with Crippen molar-refractivity contribution in [2.75, 3.05) is 7.05 Å². The van der Waals surface area contributed by atoms with Crippen molar-refractivity contribution in [3.8, 4) is 0 Å². The molecule has 1 N–H and O–H groups in total. The van der Waals surface area contributed by atoms with Gasteiger partial charge in [0, 0.05) is 34.2 Å². The lowest BCUT2D eigenvalue weighted by atomic mass is 10.1. The Labute approximate surface area is 114 Å². The molecule has 2 rings (SSSR count). The van der Waals surface area contributed by atoms with E-state index in [9.17, 15) is 0 Å². The molecule has 98 valence electrons. The molecule has 0 saturated heterocycles. The second-order valence-corrected chi connectivity index (χ2v) is 5.65. The van der Waals surface area contributed by atoms with Gasteiger partial charge in [-0.3, -0.25) is 0 Å². The fraction of sp³-hybridized carbons (Fsp3) is 0.467. The molecule has 1 aromatic carbocycles. The molecule has 1 aromatic heterocycles. The lowest BCUT2D eigenvalue weighted by molar-refractivity contribution is 0.598. The van der Waals surface area contributed by atoms with Crippen LogP contribution in [-0.4, -0.2) is 17.7 Å². The van der Waals surface area contributed by atoms with E-state index in [0.717, 1.165) is 11.4 Å². The normalized spacial score (nSPS) is 13.4. The molecule has 3 heteroatoms. The Morgan fingerprint density at radius 2 is 2.00 bits per heavy atom. The van der Waals surface area contributed by atoms with E-state index < -0.39 is 0 Å². The fourth-order valence-electron chi connectivity index (χ4n) is 2.32. The average Bonchev–Trinajstić information content (AvgIpc) is 2.67. The van der Waals surface area contributed by atoms with Gasteiger partial charge in [0.1, 0.15) is 0 Å². The number of fused-ring (bicyclic) bond motifs is 1. The van der Waals surface area contributed by atoms with Gasteiger partial charge in [0.2, 0.25) is 0 Å². The maximum atomic E-state index is 6.13. The summed E-state index contributed by atoms with van der Waals surface area (Å²) in [6.45, 7) is 6.61. The van der Waals surface area contributed by atoms with Gasteiger partial charge in [0.05, 0.1) is 0 Å². The van der Waals surface area contributed by atoms with Crippen LogP contribution in [0.5, 0.6) is 0 Å². The number of likely N-dealkylation sites (N-methyl/N-ethyl adjacent to an activating group) is 1. The SMILES string of the molecule is CNC(C)Cc1cn(C(C)C)c2ccc(Cl)cc12. The summed E-state index contributed by atoms with van der Waals surface area (Å²) in [6, 6.07) is 7.09. The minimum absolute atomic E-state index is 0.465. The van der Waals surface area contributed by atoms with Gasteiger partial charge in [-0.25, -0.2) is 0 Å². The molecule has 0 aliphatic rings. The molecule has 0 aliphatic carbocycles. The minimum atomic E-state index is 0.465. The molecule has 1 heterocycles. The smallest absolute Gasteiger partial charge is 0.0486 e. The molecule has 0 saturated carbocycles. The topological polar surface area (TPSA) is 17.0 Å². The van der Waals surface area contributed by atoms with Gasteiger partial charge in [0.15, 0.2) is 0 Å². The Morgan fingerprint density at radius 1 is 1.28 bits per heavy atom. The molecule has 18 heavy (non-hydrogen) atoms. The minimum Gasteiger partial charge on any atom is -0.345 e. The van der Waals surface area contributed by atoms with E-state index in [1.807, 2.05) is 13.1 Å². The Hall–Kier alpha value is -0.990. The van der Waals surface area contributed by atoms with Crippen LogP contribution < -0.4 is 5.32 Å². The van der Waals surface area contributed by atoms with Crippen molar-refractivity contribution < 1.29 is 0 Å². The molecular formula is C15H21ClN2. The summed E-state index contributed by atoms with van der Waals surface area (Å²) in [4.78, 5) is 0. The Kier molecular flexibility index (Phi) is 3.98. The molecule has 2 aromatic rings. The fourth-order valence-corrected chi connectivity index (χ4v) is 2.49. The van der Waals surface area contributed by atoms with Crippen LogP contribution in [0.25, 0.3) is 10.9 Å². The van der Waals surface area contributed by atoms with Crippen molar-refractivity contribution in [2.45, 2.75) is 39.3 Å². The van der Waals surface area contributed by atoms with Gasteiger partial charge in [-0.2, -0.15) is 0 Å². The largest absolute Gasteiger partial charge is 0.345 e. The van der Waals surface area contributed by atoms with Crippen molar-refractivity contribution in [2.24, 2.45) is 0 Å². The summed E-state index contributed by atoms with van der Waals surface area (Å²) < 4.78 is 2.32. The summed E-state index contributed by atoms with van der Waals surface area (Å²) in [5, 5.41) is 5.37. The predicted octanol–water partition coefficient (Wildman–Crippen LogP) is 4.03. The van der Waals surface area contributed by atoms with E-state index in [2.05, 4.69) is 49.0 Å². The zero-order valence-corrected chi connectivity index (χ0v) is 12.3. The first-order valence-electron chi connectivity index (χ1n) is 6.49. The quantitative estimate of drug-likeness (QED) is 0.882. The highest BCUT2D eigenvalue weighted by molar-refractivity contribution is 6.31. The van der Waals surface area contributed by atoms with Gasteiger partial charge in [0.25, 0.3) is 0 Å². The molecule has 0 fully saturated rings. The Bertz CT molecular complexity index is 543. The second kappa shape index (κ2) is 5.33. The Morgan fingerprint density at radius 3 is 2.61 bits per heavy atom. The first-order valence-corrected chi connectivity index (χ1v) is 6.87. The number of hydrogen-bond donors (Lipinski definition) is 1. The maximum Gasteiger partial charge on any atom is 0.0486 e. The van der Waals surface area contributed by atoms with Crippen LogP contribution in [0.3, 0.4) is 0 Å². The molecule has 0 amide bonds. The standard InChI is InChI=1S/C15H21ClN2/c1-10(2)18-9-12(7-11(3)17-4)14-8-13(16)5-6-15(14)18/h5-6,8-11,17H,7H2,1-4H3. The number of aromatic nitrogens is 1. The van der Waals surface area contributed by atoms with Crippen molar-refractivity contribution in [3.05, 3.63) is 35.0 Å². The van der Waals surface area contributed by atoms with Crippen molar-refractivity contribution in [3.63, 3.8) is 0 Å². The van der Waals surface area contributed by atoms with E-state index >= 15 is 0 Å². The van der Waals surface area contributed by atoms with Crippen LogP contribution in [0, 0.1) is 0 Å². The van der Waals surface area contributed by atoms with Crippen LogP contribution in [0.4, 0.5) is 0 Å². The van der Waals surface area contributed by atoms with Crippen LogP contribution >= 0.6 is 11.6 Å². The Balaban J connectivity index is 2.54. The highest BCUT2D eigenvalue weighted by atomic mass is 35.5. The van der Waals surface area contributed by atoms with Crippen molar-refractivity contribution in [1.82, 2.24) is 9.88 Å². The summed E-state index contributed by atoms with van der Waals surface area (Å²) >= 11 is 6.13. The maximum absolute atomic E-state index is 6.13. The lowest BCUT2D eigenvalue weighted by Gasteiger charge is -2.09.